The molecule has 0 saturated carbocycles. The largest absolute Gasteiger partial charge is 0.491 e. The van der Waals surface area contributed by atoms with Gasteiger partial charge in [0, 0.05) is 0 Å². The van der Waals surface area contributed by atoms with E-state index in [4.69, 9.17) is 16.7 Å². The molecule has 0 atom stereocenters. The first-order valence-electron chi connectivity index (χ1n) is 5.14. The van der Waals surface area contributed by atoms with Gasteiger partial charge in [0.2, 0.25) is 0 Å². The molecule has 6 heteroatoms. The molecule has 0 unspecified atom stereocenters. The highest BCUT2D eigenvalue weighted by molar-refractivity contribution is 6.31. The minimum absolute atomic E-state index is 0.00523. The normalized spacial score (nSPS) is 11.4. The Bertz CT molecular complexity index is 487. The lowest BCUT2D eigenvalue weighted by atomic mass is 9.85. The summed E-state index contributed by atoms with van der Waals surface area (Å²) in [6.45, 7) is 2.89. The zero-order chi connectivity index (χ0) is 14.1. The number of ether oxygens (including phenoxy) is 1. The number of rotatable bonds is 4. The van der Waals surface area contributed by atoms with Crippen molar-refractivity contribution < 1.29 is 23.4 Å². The Balaban J connectivity index is 3.27. The zero-order valence-corrected chi connectivity index (χ0v) is 10.9. The highest BCUT2D eigenvalue weighted by Crippen LogP contribution is 2.33. The smallest absolute Gasteiger partial charge is 0.309 e. The zero-order valence-electron chi connectivity index (χ0n) is 10.2. The summed E-state index contributed by atoms with van der Waals surface area (Å²) >= 11 is 5.61. The molecule has 0 aliphatic rings. The fourth-order valence-corrected chi connectivity index (χ4v) is 1.71. The summed E-state index contributed by atoms with van der Waals surface area (Å²) in [4.78, 5) is 11.0. The first-order chi connectivity index (χ1) is 8.20. The van der Waals surface area contributed by atoms with Crippen molar-refractivity contribution in [3.63, 3.8) is 0 Å². The minimum Gasteiger partial charge on any atom is -0.491 e. The predicted octanol–water partition coefficient (Wildman–Crippen LogP) is 3.28. The van der Waals surface area contributed by atoms with E-state index < -0.39 is 28.8 Å². The number of carbonyl (C=O) groups is 1. The van der Waals surface area contributed by atoms with Gasteiger partial charge in [0.05, 0.1) is 17.5 Å². The summed E-state index contributed by atoms with van der Waals surface area (Å²) in [7, 11) is 1.12. The van der Waals surface area contributed by atoms with E-state index in [1.165, 1.54) is 13.8 Å². The van der Waals surface area contributed by atoms with Gasteiger partial charge in [-0.15, -0.1) is 0 Å². The van der Waals surface area contributed by atoms with Crippen LogP contribution in [0.15, 0.2) is 6.07 Å². The SMILES string of the molecule is COc1c(F)c(Cl)cc(CC(C)(C)C(=O)O)c1F. The summed E-state index contributed by atoms with van der Waals surface area (Å²) in [6.07, 6.45) is -0.121. The monoisotopic (exact) mass is 278 g/mol. The van der Waals surface area contributed by atoms with Crippen molar-refractivity contribution in [1.29, 1.82) is 0 Å². The van der Waals surface area contributed by atoms with Crippen LogP contribution in [0.2, 0.25) is 5.02 Å². The lowest BCUT2D eigenvalue weighted by molar-refractivity contribution is -0.146. The third kappa shape index (κ3) is 2.72. The van der Waals surface area contributed by atoms with Gasteiger partial charge in [-0.25, -0.2) is 8.78 Å². The molecule has 0 heterocycles. The second-order valence-electron chi connectivity index (χ2n) is 4.54. The van der Waals surface area contributed by atoms with E-state index >= 15 is 0 Å². The maximum atomic E-state index is 13.9. The summed E-state index contributed by atoms with van der Waals surface area (Å²) in [5.74, 6) is -3.60. The first-order valence-corrected chi connectivity index (χ1v) is 5.52. The number of methoxy groups -OCH3 is 1. The number of carboxylic acids is 1. The Kier molecular flexibility index (Phi) is 4.16. The highest BCUT2D eigenvalue weighted by atomic mass is 35.5. The van der Waals surface area contributed by atoms with Crippen LogP contribution >= 0.6 is 11.6 Å². The van der Waals surface area contributed by atoms with Gasteiger partial charge < -0.3 is 9.84 Å². The molecular weight excluding hydrogens is 266 g/mol. The predicted molar refractivity (Wildman–Crippen MR) is 63.0 cm³/mol. The molecule has 1 aromatic carbocycles. The highest BCUT2D eigenvalue weighted by Gasteiger charge is 2.30. The van der Waals surface area contributed by atoms with Crippen LogP contribution in [0.1, 0.15) is 19.4 Å². The maximum absolute atomic E-state index is 13.9. The quantitative estimate of drug-likeness (QED) is 0.860. The lowest BCUT2D eigenvalue weighted by Gasteiger charge is -2.20. The number of halogens is 3. The Hall–Kier alpha value is -1.36. The standard InChI is InChI=1S/C12H13ClF2O3/c1-12(2,11(16)17)5-6-4-7(13)9(15)10(18-3)8(6)14/h4H,5H2,1-3H3,(H,16,17). The van der Waals surface area contributed by atoms with Gasteiger partial charge in [0.1, 0.15) is 0 Å². The van der Waals surface area contributed by atoms with Crippen LogP contribution in [0.4, 0.5) is 8.78 Å². The van der Waals surface area contributed by atoms with Gasteiger partial charge >= 0.3 is 5.97 Å². The lowest BCUT2D eigenvalue weighted by Crippen LogP contribution is -2.26. The van der Waals surface area contributed by atoms with Gasteiger partial charge in [-0.2, -0.15) is 0 Å². The molecule has 1 N–H and O–H groups in total. The third-order valence-corrected chi connectivity index (χ3v) is 2.88. The van der Waals surface area contributed by atoms with E-state index in [1.54, 1.807) is 0 Å². The Morgan fingerprint density at radius 3 is 2.44 bits per heavy atom. The molecule has 0 fully saturated rings. The average Bonchev–Trinajstić information content (AvgIpc) is 2.26. The van der Waals surface area contributed by atoms with Crippen molar-refractivity contribution in [2.45, 2.75) is 20.3 Å². The number of carboxylic acid groups (broad SMARTS) is 1. The Labute approximate surface area is 108 Å². The molecule has 0 spiro atoms. The van der Waals surface area contributed by atoms with Crippen LogP contribution in [0.25, 0.3) is 0 Å². The van der Waals surface area contributed by atoms with Gasteiger partial charge in [0.25, 0.3) is 0 Å². The summed E-state index contributed by atoms with van der Waals surface area (Å²) < 4.78 is 31.9. The second kappa shape index (κ2) is 5.10. The molecule has 1 aromatic rings. The third-order valence-electron chi connectivity index (χ3n) is 2.61. The molecule has 100 valence electrons. The number of hydrogen-bond donors (Lipinski definition) is 1. The molecule has 0 aromatic heterocycles. The molecule has 3 nitrogen and oxygen atoms in total. The fraction of sp³-hybridized carbons (Fsp3) is 0.417. The van der Waals surface area contributed by atoms with E-state index in [1.807, 2.05) is 0 Å². The van der Waals surface area contributed by atoms with Gasteiger partial charge in [-0.1, -0.05) is 11.6 Å². The molecule has 0 saturated heterocycles. The average molecular weight is 279 g/mol. The van der Waals surface area contributed by atoms with E-state index in [9.17, 15) is 13.6 Å². The van der Waals surface area contributed by atoms with Crippen LogP contribution in [0.3, 0.4) is 0 Å². The number of aliphatic carboxylic acids is 1. The fourth-order valence-electron chi connectivity index (χ4n) is 1.49. The van der Waals surface area contributed by atoms with Crippen molar-refractivity contribution in [3.8, 4) is 5.75 Å². The summed E-state index contributed by atoms with van der Waals surface area (Å²) in [5, 5.41) is 8.68. The van der Waals surface area contributed by atoms with Crippen LogP contribution in [-0.4, -0.2) is 18.2 Å². The molecule has 0 aliphatic carbocycles. The van der Waals surface area contributed by atoms with Gasteiger partial charge in [0.15, 0.2) is 17.4 Å². The molecule has 0 radical (unpaired) electrons. The molecule has 18 heavy (non-hydrogen) atoms. The van der Waals surface area contributed by atoms with Gasteiger partial charge in [-0.05, 0) is 31.9 Å². The summed E-state index contributed by atoms with van der Waals surface area (Å²) in [5.41, 5.74) is -1.18. The number of benzene rings is 1. The van der Waals surface area contributed by atoms with Crippen molar-refractivity contribution in [2.24, 2.45) is 5.41 Å². The summed E-state index contributed by atoms with van der Waals surface area (Å²) in [6, 6.07) is 1.08. The van der Waals surface area contributed by atoms with Crippen molar-refractivity contribution in [1.82, 2.24) is 0 Å². The van der Waals surface area contributed by atoms with E-state index in [-0.39, 0.29) is 17.0 Å². The topological polar surface area (TPSA) is 46.5 Å². The van der Waals surface area contributed by atoms with E-state index in [0.717, 1.165) is 13.2 Å². The molecule has 0 aliphatic heterocycles. The molecule has 0 amide bonds. The van der Waals surface area contributed by atoms with Crippen LogP contribution in [-0.2, 0) is 11.2 Å². The molecular formula is C12H13ClF2O3. The number of hydrogen-bond acceptors (Lipinski definition) is 2. The van der Waals surface area contributed by atoms with Crippen LogP contribution in [0.5, 0.6) is 5.75 Å². The Morgan fingerprint density at radius 1 is 1.44 bits per heavy atom. The van der Waals surface area contributed by atoms with E-state index in [2.05, 4.69) is 4.74 Å². The van der Waals surface area contributed by atoms with Crippen molar-refractivity contribution >= 4 is 17.6 Å². The van der Waals surface area contributed by atoms with Crippen LogP contribution in [0, 0.1) is 17.0 Å². The minimum atomic E-state index is -1.19. The first kappa shape index (κ1) is 14.7. The Morgan fingerprint density at radius 2 is 2.00 bits per heavy atom. The van der Waals surface area contributed by atoms with E-state index in [0.29, 0.717) is 0 Å². The molecule has 1 rings (SSSR count). The van der Waals surface area contributed by atoms with Gasteiger partial charge in [-0.3, -0.25) is 4.79 Å². The maximum Gasteiger partial charge on any atom is 0.309 e. The van der Waals surface area contributed by atoms with Crippen molar-refractivity contribution in [3.05, 3.63) is 28.3 Å². The van der Waals surface area contributed by atoms with Crippen molar-refractivity contribution in [2.75, 3.05) is 7.11 Å². The van der Waals surface area contributed by atoms with Crippen LogP contribution < -0.4 is 4.74 Å². The molecule has 0 bridgehead atoms. The second-order valence-corrected chi connectivity index (χ2v) is 4.95.